The minimum atomic E-state index is -0.198. The molecule has 1 saturated carbocycles. The molecular weight excluding hydrogens is 462 g/mol. The molecule has 2 aliphatic rings. The summed E-state index contributed by atoms with van der Waals surface area (Å²) in [4.78, 5) is 14.6. The Bertz CT molecular complexity index is 1150. The molecule has 5 rings (SSSR count). The summed E-state index contributed by atoms with van der Waals surface area (Å²) in [5, 5.41) is 19.6. The highest BCUT2D eigenvalue weighted by molar-refractivity contribution is 5.91. The van der Waals surface area contributed by atoms with E-state index in [0.29, 0.717) is 12.0 Å². The number of anilines is 1. The van der Waals surface area contributed by atoms with E-state index in [2.05, 4.69) is 69.9 Å². The maximum atomic E-state index is 10.1. The van der Waals surface area contributed by atoms with Crippen molar-refractivity contribution in [2.75, 3.05) is 38.5 Å². The number of hydrogen-bond acceptors (Lipinski definition) is 7. The molecule has 37 heavy (non-hydrogen) atoms. The summed E-state index contributed by atoms with van der Waals surface area (Å²) in [6, 6.07) is 9.46. The van der Waals surface area contributed by atoms with Gasteiger partial charge in [-0.25, -0.2) is 9.67 Å². The second kappa shape index (κ2) is 11.9. The third-order valence-corrected chi connectivity index (χ3v) is 8.00. The highest BCUT2D eigenvalue weighted by atomic mass is 16.3. The van der Waals surface area contributed by atoms with E-state index in [4.69, 9.17) is 10.1 Å². The number of hydrogen-bond donors (Lipinski definition) is 2. The molecule has 2 N–H and O–H groups in total. The van der Waals surface area contributed by atoms with E-state index in [1.165, 1.54) is 18.5 Å². The number of nitrogens with zero attached hydrogens (tertiary/aromatic N) is 6. The lowest BCUT2D eigenvalue weighted by Crippen LogP contribution is -2.28. The molecule has 3 heterocycles. The summed E-state index contributed by atoms with van der Waals surface area (Å²) in [6.45, 7) is 9.94. The van der Waals surface area contributed by atoms with Gasteiger partial charge in [0.05, 0.1) is 17.5 Å². The maximum absolute atomic E-state index is 10.1. The first kappa shape index (κ1) is 26.1. The van der Waals surface area contributed by atoms with Crippen molar-refractivity contribution in [1.29, 1.82) is 0 Å². The van der Waals surface area contributed by atoms with Crippen LogP contribution in [0.4, 0.5) is 5.95 Å². The summed E-state index contributed by atoms with van der Waals surface area (Å²) >= 11 is 0. The van der Waals surface area contributed by atoms with Crippen LogP contribution in [-0.2, 0) is 6.54 Å². The van der Waals surface area contributed by atoms with Gasteiger partial charge in [0.15, 0.2) is 5.65 Å². The summed E-state index contributed by atoms with van der Waals surface area (Å²) in [6.07, 6.45) is 8.61. The third-order valence-electron chi connectivity index (χ3n) is 8.00. The van der Waals surface area contributed by atoms with Crippen molar-refractivity contribution >= 4 is 17.0 Å². The number of rotatable bonds is 8. The Labute approximate surface area is 221 Å². The second-order valence-corrected chi connectivity index (χ2v) is 11.2. The molecule has 1 atom stereocenters. The average Bonchev–Trinajstić information content (AvgIpc) is 3.14. The first-order chi connectivity index (χ1) is 18.0. The van der Waals surface area contributed by atoms with E-state index in [1.54, 1.807) is 0 Å². The Morgan fingerprint density at radius 3 is 2.59 bits per heavy atom. The fourth-order valence-corrected chi connectivity index (χ4v) is 5.77. The van der Waals surface area contributed by atoms with Gasteiger partial charge in [-0.1, -0.05) is 37.6 Å². The summed E-state index contributed by atoms with van der Waals surface area (Å²) in [5.74, 6) is 0.662. The largest absolute Gasteiger partial charge is 0.393 e. The number of benzene rings is 1. The summed E-state index contributed by atoms with van der Waals surface area (Å²) < 4.78 is 2.11. The predicted molar refractivity (Wildman–Crippen MR) is 150 cm³/mol. The highest BCUT2D eigenvalue weighted by Crippen LogP contribution is 2.34. The van der Waals surface area contributed by atoms with Gasteiger partial charge in [0.1, 0.15) is 5.69 Å². The molecule has 0 amide bonds. The lowest BCUT2D eigenvalue weighted by atomic mass is 9.93. The molecule has 3 aromatic rings. The molecule has 2 aromatic heterocycles. The number of aliphatic hydroxyl groups excluding tert-OH is 1. The molecule has 0 radical (unpaired) electrons. The molecule has 1 aliphatic carbocycles. The van der Waals surface area contributed by atoms with Crippen LogP contribution in [0.15, 0.2) is 30.5 Å². The zero-order valence-electron chi connectivity index (χ0n) is 22.7. The summed E-state index contributed by atoms with van der Waals surface area (Å²) in [7, 11) is 2.21. The first-order valence-corrected chi connectivity index (χ1v) is 14.2. The Balaban J connectivity index is 1.42. The average molecular weight is 506 g/mol. The molecule has 0 spiro atoms. The van der Waals surface area contributed by atoms with Gasteiger partial charge in [-0.15, -0.1) is 0 Å². The van der Waals surface area contributed by atoms with Crippen LogP contribution in [-0.4, -0.2) is 80.0 Å². The molecule has 1 aliphatic heterocycles. The maximum Gasteiger partial charge on any atom is 0.224 e. The number of likely N-dealkylation sites (N-methyl/N-ethyl adjacent to an activating group) is 1. The molecule has 8 heteroatoms. The lowest BCUT2D eigenvalue weighted by Gasteiger charge is -2.25. The van der Waals surface area contributed by atoms with E-state index in [9.17, 15) is 5.11 Å². The zero-order chi connectivity index (χ0) is 25.8. The minimum absolute atomic E-state index is 0.198. The van der Waals surface area contributed by atoms with Crippen LogP contribution in [0.5, 0.6) is 0 Å². The van der Waals surface area contributed by atoms with Crippen molar-refractivity contribution in [2.24, 2.45) is 0 Å². The third kappa shape index (κ3) is 6.30. The number of nitrogens with one attached hydrogen (secondary N) is 1. The van der Waals surface area contributed by atoms with Gasteiger partial charge in [0.2, 0.25) is 5.95 Å². The van der Waals surface area contributed by atoms with Crippen molar-refractivity contribution in [3.8, 4) is 11.3 Å². The first-order valence-electron chi connectivity index (χ1n) is 14.2. The van der Waals surface area contributed by atoms with E-state index < -0.39 is 0 Å². The van der Waals surface area contributed by atoms with Gasteiger partial charge in [-0.3, -0.25) is 4.90 Å². The monoisotopic (exact) mass is 505 g/mol. The van der Waals surface area contributed by atoms with Gasteiger partial charge in [0, 0.05) is 37.4 Å². The van der Waals surface area contributed by atoms with E-state index in [1.807, 2.05) is 6.20 Å². The van der Waals surface area contributed by atoms with Crippen molar-refractivity contribution in [2.45, 2.75) is 83.5 Å². The van der Waals surface area contributed by atoms with Crippen molar-refractivity contribution in [3.63, 3.8) is 0 Å². The standard InChI is InChI=1S/C29H43N7O/c1-4-6-21(2)31-29-30-19-26-27(33-36(28(26)32-29)24-11-13-25(37)14-12-24)23-9-7-22(8-10-23)20-35-16-5-15-34(3)17-18-35/h7-10,19,21,24-25,37H,4-6,11-18,20H2,1-3H3,(H,30,31,32)/t21-,24?,25?/m0/s1. The number of aliphatic hydroxyl groups is 1. The fourth-order valence-electron chi connectivity index (χ4n) is 5.77. The molecular formula is C29H43N7O. The Hall–Kier alpha value is -2.55. The van der Waals surface area contributed by atoms with Crippen molar-refractivity contribution in [3.05, 3.63) is 36.0 Å². The van der Waals surface area contributed by atoms with E-state index in [0.717, 1.165) is 87.0 Å². The fraction of sp³-hybridized carbons (Fsp3) is 0.621. The highest BCUT2D eigenvalue weighted by Gasteiger charge is 2.26. The van der Waals surface area contributed by atoms with Gasteiger partial charge < -0.3 is 15.3 Å². The van der Waals surface area contributed by atoms with Crippen LogP contribution in [0.25, 0.3) is 22.3 Å². The molecule has 8 nitrogen and oxygen atoms in total. The SMILES string of the molecule is CCC[C@H](C)Nc1ncc2c(-c3ccc(CN4CCCN(C)CC4)cc3)nn(C3CCC(O)CC3)c2n1. The quantitative estimate of drug-likeness (QED) is 0.459. The summed E-state index contributed by atoms with van der Waals surface area (Å²) in [5.41, 5.74) is 4.26. The minimum Gasteiger partial charge on any atom is -0.393 e. The molecule has 200 valence electrons. The van der Waals surface area contributed by atoms with Crippen LogP contribution >= 0.6 is 0 Å². The lowest BCUT2D eigenvalue weighted by molar-refractivity contribution is 0.109. The van der Waals surface area contributed by atoms with E-state index >= 15 is 0 Å². The predicted octanol–water partition coefficient (Wildman–Crippen LogP) is 4.71. The van der Waals surface area contributed by atoms with Crippen molar-refractivity contribution in [1.82, 2.24) is 29.5 Å². The molecule has 2 fully saturated rings. The van der Waals surface area contributed by atoms with Gasteiger partial charge >= 0.3 is 0 Å². The number of fused-ring (bicyclic) bond motifs is 1. The second-order valence-electron chi connectivity index (χ2n) is 11.2. The van der Waals surface area contributed by atoms with Gasteiger partial charge in [0.25, 0.3) is 0 Å². The smallest absolute Gasteiger partial charge is 0.224 e. The van der Waals surface area contributed by atoms with Gasteiger partial charge in [-0.05, 0) is 71.1 Å². The zero-order valence-corrected chi connectivity index (χ0v) is 22.7. The Kier molecular flexibility index (Phi) is 8.37. The molecule has 1 saturated heterocycles. The Morgan fingerprint density at radius 2 is 1.84 bits per heavy atom. The molecule has 0 unspecified atom stereocenters. The normalized spacial score (nSPS) is 22.7. The molecule has 1 aromatic carbocycles. The topological polar surface area (TPSA) is 82.3 Å². The van der Waals surface area contributed by atoms with Crippen LogP contribution in [0.1, 0.15) is 70.4 Å². The van der Waals surface area contributed by atoms with Crippen LogP contribution in [0, 0.1) is 0 Å². The van der Waals surface area contributed by atoms with Crippen LogP contribution < -0.4 is 5.32 Å². The Morgan fingerprint density at radius 1 is 1.05 bits per heavy atom. The van der Waals surface area contributed by atoms with Gasteiger partial charge in [-0.2, -0.15) is 10.1 Å². The van der Waals surface area contributed by atoms with Crippen LogP contribution in [0.3, 0.4) is 0 Å². The van der Waals surface area contributed by atoms with E-state index in [-0.39, 0.29) is 12.1 Å². The molecule has 0 bridgehead atoms. The van der Waals surface area contributed by atoms with Crippen LogP contribution in [0.2, 0.25) is 0 Å². The van der Waals surface area contributed by atoms with Crippen molar-refractivity contribution < 1.29 is 5.11 Å². The number of aromatic nitrogens is 4.